The number of piperidine rings is 1. The van der Waals surface area contributed by atoms with E-state index in [1.165, 1.54) is 37.7 Å². The third-order valence-corrected chi connectivity index (χ3v) is 11.2. The first-order valence-corrected chi connectivity index (χ1v) is 17.8. The zero-order valence-corrected chi connectivity index (χ0v) is 27.4. The lowest BCUT2D eigenvalue weighted by Crippen LogP contribution is -2.58. The molecule has 8 nitrogen and oxygen atoms in total. The molecule has 0 aromatic heterocycles. The van der Waals surface area contributed by atoms with E-state index < -0.39 is 23.0 Å². The smallest absolute Gasteiger partial charge is 0.411 e. The van der Waals surface area contributed by atoms with Crippen LogP contribution in [0.1, 0.15) is 78.2 Å². The monoisotopic (exact) mass is 618 g/mol. The van der Waals surface area contributed by atoms with Crippen molar-refractivity contribution >= 4 is 41.4 Å². The lowest BCUT2D eigenvalue weighted by molar-refractivity contribution is -0.131. The van der Waals surface area contributed by atoms with Gasteiger partial charge in [0.2, 0.25) is 11.8 Å². The molecule has 1 saturated carbocycles. The third-order valence-electron chi connectivity index (χ3n) is 8.50. The first-order valence-electron chi connectivity index (χ1n) is 15.7. The molecule has 10 heteroatoms. The molecular formula is C32H50N4O4S2. The highest BCUT2D eigenvalue weighted by molar-refractivity contribution is 8.00. The summed E-state index contributed by atoms with van der Waals surface area (Å²) in [5.41, 5.74) is 1.30. The van der Waals surface area contributed by atoms with E-state index in [1.807, 2.05) is 19.9 Å². The highest BCUT2D eigenvalue weighted by Gasteiger charge is 2.48. The van der Waals surface area contributed by atoms with Crippen LogP contribution in [-0.2, 0) is 20.9 Å². The van der Waals surface area contributed by atoms with E-state index >= 15 is 0 Å². The summed E-state index contributed by atoms with van der Waals surface area (Å²) in [5.74, 6) is 2.28. The van der Waals surface area contributed by atoms with Crippen LogP contribution in [0, 0.1) is 5.92 Å². The van der Waals surface area contributed by atoms with Gasteiger partial charge >= 0.3 is 6.09 Å². The van der Waals surface area contributed by atoms with Gasteiger partial charge in [0.25, 0.3) is 0 Å². The maximum absolute atomic E-state index is 13.7. The van der Waals surface area contributed by atoms with Crippen LogP contribution in [0.2, 0.25) is 0 Å². The lowest BCUT2D eigenvalue weighted by atomic mass is 9.91. The van der Waals surface area contributed by atoms with Crippen molar-refractivity contribution in [3.05, 3.63) is 35.9 Å². The predicted octanol–water partition coefficient (Wildman–Crippen LogP) is 5.26. The molecule has 234 valence electrons. The summed E-state index contributed by atoms with van der Waals surface area (Å²) in [6, 6.07) is 9.24. The minimum Gasteiger partial charge on any atom is -0.447 e. The van der Waals surface area contributed by atoms with Crippen molar-refractivity contribution in [3.63, 3.8) is 0 Å². The Hall–Kier alpha value is -1.91. The van der Waals surface area contributed by atoms with Crippen LogP contribution in [-0.4, -0.2) is 87.2 Å². The summed E-state index contributed by atoms with van der Waals surface area (Å²) in [4.78, 5) is 43.7. The molecule has 0 unspecified atom stereocenters. The van der Waals surface area contributed by atoms with Gasteiger partial charge in [-0.2, -0.15) is 11.8 Å². The minimum absolute atomic E-state index is 0.0887. The molecule has 1 aliphatic carbocycles. The standard InChI is InChI=1S/C32H50N4O4S2/c1-23(2)40-31(39)36-28(22-42-32(36,3)4)30(38)34-27(21-41-20-25-13-9-6-10-14-25)29(37)33-26-15-17-35(18-16-26)19-24-11-7-5-8-12-24/h5,7-8,11-12,23,25-28H,6,9-10,13-22H2,1-4H3,(H,33,37)(H,34,38)/t27-,28-/m0/s1. The van der Waals surface area contributed by atoms with Gasteiger partial charge in [0.1, 0.15) is 12.1 Å². The Morgan fingerprint density at radius 1 is 1.05 bits per heavy atom. The molecule has 3 amide bonds. The van der Waals surface area contributed by atoms with Gasteiger partial charge in [0.05, 0.1) is 11.0 Å². The fraction of sp³-hybridized carbons (Fsp3) is 0.719. The molecule has 1 aromatic rings. The summed E-state index contributed by atoms with van der Waals surface area (Å²) >= 11 is 3.32. The Kier molecular flexibility index (Phi) is 12.3. The van der Waals surface area contributed by atoms with Gasteiger partial charge in [-0.15, -0.1) is 11.8 Å². The summed E-state index contributed by atoms with van der Waals surface area (Å²) in [6.45, 7) is 10.2. The van der Waals surface area contributed by atoms with Crippen LogP contribution < -0.4 is 10.6 Å². The second-order valence-electron chi connectivity index (χ2n) is 12.7. The van der Waals surface area contributed by atoms with Gasteiger partial charge in [-0.3, -0.25) is 19.4 Å². The number of ether oxygens (including phenoxy) is 1. The van der Waals surface area contributed by atoms with Crippen molar-refractivity contribution in [2.24, 2.45) is 5.92 Å². The Morgan fingerprint density at radius 2 is 1.74 bits per heavy atom. The molecule has 3 fully saturated rings. The Labute approximate surface area is 260 Å². The van der Waals surface area contributed by atoms with E-state index in [1.54, 1.807) is 42.3 Å². The zero-order valence-electron chi connectivity index (χ0n) is 25.8. The average Bonchev–Trinajstić information content (AvgIpc) is 3.29. The van der Waals surface area contributed by atoms with Crippen molar-refractivity contribution in [1.82, 2.24) is 20.4 Å². The molecule has 2 N–H and O–H groups in total. The van der Waals surface area contributed by atoms with Crippen molar-refractivity contribution < 1.29 is 19.1 Å². The number of benzene rings is 1. The molecule has 3 aliphatic rings. The molecule has 0 spiro atoms. The number of carbonyl (C=O) groups is 3. The van der Waals surface area contributed by atoms with Gasteiger partial charge in [-0.25, -0.2) is 4.79 Å². The van der Waals surface area contributed by atoms with Gasteiger partial charge < -0.3 is 15.4 Å². The van der Waals surface area contributed by atoms with Crippen LogP contribution in [0.25, 0.3) is 0 Å². The number of thioether (sulfide) groups is 2. The van der Waals surface area contributed by atoms with E-state index in [2.05, 4.69) is 39.8 Å². The van der Waals surface area contributed by atoms with Crippen molar-refractivity contribution in [2.75, 3.05) is 30.3 Å². The number of nitrogens with one attached hydrogen (secondary N) is 2. The molecule has 4 rings (SSSR count). The number of hydrogen-bond donors (Lipinski definition) is 2. The minimum atomic E-state index is -0.684. The summed E-state index contributed by atoms with van der Waals surface area (Å²) in [6.07, 6.45) is 7.38. The number of nitrogens with zero attached hydrogens (tertiary/aromatic N) is 2. The van der Waals surface area contributed by atoms with Crippen LogP contribution in [0.15, 0.2) is 30.3 Å². The highest BCUT2D eigenvalue weighted by Crippen LogP contribution is 2.39. The quantitative estimate of drug-likeness (QED) is 0.350. The fourth-order valence-electron chi connectivity index (χ4n) is 6.14. The Bertz CT molecular complexity index is 1030. The SMILES string of the molecule is CC(C)OC(=O)N1[C@H](C(=O)N[C@@H](CSCC2CCCCC2)C(=O)NC2CCN(Cc3ccccc3)CC2)CSC1(C)C. The summed E-state index contributed by atoms with van der Waals surface area (Å²) in [7, 11) is 0. The number of likely N-dealkylation sites (tertiary alicyclic amines) is 1. The Morgan fingerprint density at radius 3 is 2.40 bits per heavy atom. The maximum Gasteiger partial charge on any atom is 0.411 e. The van der Waals surface area contributed by atoms with Crippen molar-refractivity contribution in [3.8, 4) is 0 Å². The summed E-state index contributed by atoms with van der Waals surface area (Å²) in [5, 5.41) is 6.32. The molecule has 2 heterocycles. The van der Waals surface area contributed by atoms with E-state index in [0.29, 0.717) is 17.4 Å². The normalized spacial score (nSPS) is 22.6. The molecule has 1 aromatic carbocycles. The molecule has 2 atom stereocenters. The topological polar surface area (TPSA) is 91.0 Å². The summed E-state index contributed by atoms with van der Waals surface area (Å²) < 4.78 is 5.49. The number of amides is 3. The molecule has 42 heavy (non-hydrogen) atoms. The molecule has 0 bridgehead atoms. The van der Waals surface area contributed by atoms with E-state index in [-0.39, 0.29) is 24.0 Å². The van der Waals surface area contributed by atoms with E-state index in [4.69, 9.17) is 4.74 Å². The number of hydrogen-bond acceptors (Lipinski definition) is 7. The average molecular weight is 619 g/mol. The van der Waals surface area contributed by atoms with Crippen LogP contribution in [0.3, 0.4) is 0 Å². The Balaban J connectivity index is 1.36. The third kappa shape index (κ3) is 9.55. The van der Waals surface area contributed by atoms with Gasteiger partial charge in [0.15, 0.2) is 0 Å². The van der Waals surface area contributed by atoms with Crippen LogP contribution in [0.4, 0.5) is 4.79 Å². The van der Waals surface area contributed by atoms with Crippen LogP contribution in [0.5, 0.6) is 0 Å². The van der Waals surface area contributed by atoms with Gasteiger partial charge in [-0.05, 0) is 70.6 Å². The second-order valence-corrected chi connectivity index (χ2v) is 15.4. The molecule has 0 radical (unpaired) electrons. The van der Waals surface area contributed by atoms with Gasteiger partial charge in [0, 0.05) is 37.2 Å². The predicted molar refractivity (Wildman–Crippen MR) is 172 cm³/mol. The largest absolute Gasteiger partial charge is 0.447 e. The molecule has 2 saturated heterocycles. The molecule has 2 aliphatic heterocycles. The first-order chi connectivity index (χ1) is 20.1. The van der Waals surface area contributed by atoms with Crippen molar-refractivity contribution in [1.29, 1.82) is 0 Å². The maximum atomic E-state index is 13.7. The molecular weight excluding hydrogens is 569 g/mol. The van der Waals surface area contributed by atoms with E-state index in [0.717, 1.165) is 38.2 Å². The zero-order chi connectivity index (χ0) is 30.1. The number of carbonyl (C=O) groups excluding carboxylic acids is 3. The second kappa shape index (κ2) is 15.7. The first kappa shape index (κ1) is 33.0. The van der Waals surface area contributed by atoms with Gasteiger partial charge in [-0.1, -0.05) is 49.6 Å². The van der Waals surface area contributed by atoms with Crippen LogP contribution >= 0.6 is 23.5 Å². The highest BCUT2D eigenvalue weighted by atomic mass is 32.2. The fourth-order valence-corrected chi connectivity index (χ4v) is 8.62. The van der Waals surface area contributed by atoms with Crippen molar-refractivity contribution in [2.45, 2.75) is 108 Å². The lowest BCUT2D eigenvalue weighted by Gasteiger charge is -2.35. The number of rotatable bonds is 11. The van der Waals surface area contributed by atoms with E-state index in [9.17, 15) is 14.4 Å².